The lowest BCUT2D eigenvalue weighted by molar-refractivity contribution is -0.121. The Kier molecular flexibility index (Phi) is 6.33. The van der Waals surface area contributed by atoms with E-state index in [0.29, 0.717) is 53.4 Å². The number of methoxy groups -OCH3 is 2. The van der Waals surface area contributed by atoms with Gasteiger partial charge in [-0.15, -0.1) is 0 Å². The van der Waals surface area contributed by atoms with Crippen LogP contribution in [-0.4, -0.2) is 43.4 Å². The smallest absolute Gasteiger partial charge is 0.264 e. The molecule has 2 aliphatic rings. The molecule has 0 saturated heterocycles. The SMILES string of the molecule is COc1ccc2c(c1OC)C(=O)N1c3ccccc3C(=O)N(CCCC(=O)NCc3ccccc3)[C@H]21. The lowest BCUT2D eigenvalue weighted by Crippen LogP contribution is -2.48. The summed E-state index contributed by atoms with van der Waals surface area (Å²) < 4.78 is 11.0. The quantitative estimate of drug-likeness (QED) is 0.523. The number of ether oxygens (including phenoxy) is 2. The maximum Gasteiger partial charge on any atom is 0.264 e. The summed E-state index contributed by atoms with van der Waals surface area (Å²) in [6.07, 6.45) is 0.0926. The van der Waals surface area contributed by atoms with Crippen LogP contribution in [0.3, 0.4) is 0 Å². The standard InChI is InChI=1S/C28H27N3O5/c1-35-22-15-14-20-24(25(22)36-2)28(34)31-21-12-7-6-11-19(21)27(33)30(26(20)31)16-8-13-23(32)29-17-18-9-4-3-5-10-18/h3-7,9-12,14-15,26H,8,13,16-17H2,1-2H3,(H,29,32)/t26-/m0/s1. The minimum atomic E-state index is -0.623. The van der Waals surface area contributed by atoms with Crippen LogP contribution in [0.2, 0.25) is 0 Å². The number of nitrogens with one attached hydrogen (secondary N) is 1. The Bertz CT molecular complexity index is 1320. The fraction of sp³-hybridized carbons (Fsp3) is 0.250. The van der Waals surface area contributed by atoms with Crippen LogP contribution in [0.15, 0.2) is 66.7 Å². The Morgan fingerprint density at radius 2 is 1.67 bits per heavy atom. The molecule has 0 saturated carbocycles. The van der Waals surface area contributed by atoms with Crippen molar-refractivity contribution in [3.63, 3.8) is 0 Å². The van der Waals surface area contributed by atoms with E-state index in [9.17, 15) is 14.4 Å². The van der Waals surface area contributed by atoms with Crippen molar-refractivity contribution in [2.75, 3.05) is 25.7 Å². The average Bonchev–Trinajstić information content (AvgIpc) is 3.21. The van der Waals surface area contributed by atoms with Crippen molar-refractivity contribution in [2.24, 2.45) is 0 Å². The first-order valence-corrected chi connectivity index (χ1v) is 11.8. The molecule has 36 heavy (non-hydrogen) atoms. The van der Waals surface area contributed by atoms with Crippen molar-refractivity contribution in [3.8, 4) is 11.5 Å². The van der Waals surface area contributed by atoms with Crippen LogP contribution >= 0.6 is 0 Å². The zero-order valence-electron chi connectivity index (χ0n) is 20.2. The number of carbonyl (C=O) groups is 3. The highest BCUT2D eigenvalue weighted by Crippen LogP contribution is 2.49. The number of para-hydroxylation sites is 1. The van der Waals surface area contributed by atoms with Crippen LogP contribution in [-0.2, 0) is 11.3 Å². The second-order valence-corrected chi connectivity index (χ2v) is 8.70. The minimum absolute atomic E-state index is 0.0881. The van der Waals surface area contributed by atoms with Gasteiger partial charge in [-0.2, -0.15) is 0 Å². The molecule has 5 rings (SSSR count). The summed E-state index contributed by atoms with van der Waals surface area (Å²) in [6, 6.07) is 20.3. The van der Waals surface area contributed by atoms with Gasteiger partial charge in [0.15, 0.2) is 11.5 Å². The van der Waals surface area contributed by atoms with Crippen LogP contribution in [0.4, 0.5) is 5.69 Å². The molecule has 0 spiro atoms. The van der Waals surface area contributed by atoms with Crippen LogP contribution in [0.1, 0.15) is 50.9 Å². The van der Waals surface area contributed by atoms with E-state index in [0.717, 1.165) is 5.56 Å². The van der Waals surface area contributed by atoms with Crippen molar-refractivity contribution in [2.45, 2.75) is 25.6 Å². The van der Waals surface area contributed by atoms with Crippen molar-refractivity contribution in [3.05, 3.63) is 89.0 Å². The number of benzene rings is 3. The molecule has 1 atom stereocenters. The van der Waals surface area contributed by atoms with E-state index in [-0.39, 0.29) is 24.1 Å². The first-order valence-electron chi connectivity index (χ1n) is 11.8. The molecule has 8 nitrogen and oxygen atoms in total. The number of rotatable bonds is 8. The van der Waals surface area contributed by atoms with Gasteiger partial charge in [0.05, 0.1) is 31.0 Å². The van der Waals surface area contributed by atoms with E-state index in [2.05, 4.69) is 5.32 Å². The molecule has 0 bridgehead atoms. The number of nitrogens with zero attached hydrogens (tertiary/aromatic N) is 2. The highest BCUT2D eigenvalue weighted by atomic mass is 16.5. The molecule has 0 aliphatic carbocycles. The molecular formula is C28H27N3O5. The van der Waals surface area contributed by atoms with E-state index >= 15 is 0 Å². The lowest BCUT2D eigenvalue weighted by Gasteiger charge is -2.41. The Morgan fingerprint density at radius 3 is 2.42 bits per heavy atom. The fourth-order valence-electron chi connectivity index (χ4n) is 4.95. The van der Waals surface area contributed by atoms with Gasteiger partial charge in [-0.1, -0.05) is 48.5 Å². The summed E-state index contributed by atoms with van der Waals surface area (Å²) in [5, 5.41) is 2.92. The third kappa shape index (κ3) is 3.94. The van der Waals surface area contributed by atoms with Gasteiger partial charge in [-0.25, -0.2) is 0 Å². The van der Waals surface area contributed by atoms with Crippen molar-refractivity contribution < 1.29 is 23.9 Å². The van der Waals surface area contributed by atoms with E-state index in [1.165, 1.54) is 14.2 Å². The number of amides is 3. The lowest BCUT2D eigenvalue weighted by atomic mass is 10.0. The number of hydrogen-bond donors (Lipinski definition) is 1. The van der Waals surface area contributed by atoms with E-state index in [4.69, 9.17) is 9.47 Å². The monoisotopic (exact) mass is 485 g/mol. The molecule has 0 unspecified atom stereocenters. The van der Waals surface area contributed by atoms with Gasteiger partial charge in [-0.3, -0.25) is 19.3 Å². The first-order chi connectivity index (χ1) is 17.5. The van der Waals surface area contributed by atoms with E-state index in [1.807, 2.05) is 36.4 Å². The number of fused-ring (bicyclic) bond motifs is 5. The summed E-state index contributed by atoms with van der Waals surface area (Å²) in [6.45, 7) is 0.768. The third-order valence-electron chi connectivity index (χ3n) is 6.62. The zero-order chi connectivity index (χ0) is 25.2. The van der Waals surface area contributed by atoms with Crippen LogP contribution in [0, 0.1) is 0 Å². The Morgan fingerprint density at radius 1 is 0.917 bits per heavy atom. The second-order valence-electron chi connectivity index (χ2n) is 8.70. The predicted molar refractivity (Wildman–Crippen MR) is 134 cm³/mol. The summed E-state index contributed by atoms with van der Waals surface area (Å²) in [7, 11) is 3.01. The normalized spacial score (nSPS) is 15.8. The number of anilines is 1. The average molecular weight is 486 g/mol. The zero-order valence-corrected chi connectivity index (χ0v) is 20.2. The maximum atomic E-state index is 13.7. The Labute approximate surface area is 209 Å². The molecule has 1 N–H and O–H groups in total. The second kappa shape index (κ2) is 9.73. The van der Waals surface area contributed by atoms with Crippen LogP contribution in [0.25, 0.3) is 0 Å². The van der Waals surface area contributed by atoms with E-state index in [1.54, 1.807) is 40.1 Å². The van der Waals surface area contributed by atoms with Gasteiger partial charge in [0, 0.05) is 25.1 Å². The Hall–Kier alpha value is -4.33. The molecule has 184 valence electrons. The van der Waals surface area contributed by atoms with E-state index < -0.39 is 6.17 Å². The molecule has 3 aromatic rings. The molecule has 0 fully saturated rings. The topological polar surface area (TPSA) is 88.2 Å². The van der Waals surface area contributed by atoms with Crippen molar-refractivity contribution in [1.82, 2.24) is 10.2 Å². The summed E-state index contributed by atoms with van der Waals surface area (Å²) in [5.41, 5.74) is 3.10. The molecular weight excluding hydrogens is 458 g/mol. The van der Waals surface area contributed by atoms with Gasteiger partial charge < -0.3 is 19.7 Å². The van der Waals surface area contributed by atoms with Crippen LogP contribution in [0.5, 0.6) is 11.5 Å². The maximum absolute atomic E-state index is 13.7. The highest BCUT2D eigenvalue weighted by molar-refractivity contribution is 6.18. The van der Waals surface area contributed by atoms with Gasteiger partial charge in [0.25, 0.3) is 11.8 Å². The third-order valence-corrected chi connectivity index (χ3v) is 6.62. The summed E-state index contributed by atoms with van der Waals surface area (Å²) >= 11 is 0. The molecule has 3 aromatic carbocycles. The number of carbonyl (C=O) groups excluding carboxylic acids is 3. The predicted octanol–water partition coefficient (Wildman–Crippen LogP) is 3.92. The van der Waals surface area contributed by atoms with Gasteiger partial charge >= 0.3 is 0 Å². The molecule has 8 heteroatoms. The molecule has 0 aromatic heterocycles. The fourth-order valence-corrected chi connectivity index (χ4v) is 4.95. The summed E-state index contributed by atoms with van der Waals surface area (Å²) in [5.74, 6) is 0.281. The van der Waals surface area contributed by atoms with Crippen molar-refractivity contribution >= 4 is 23.4 Å². The molecule has 2 heterocycles. The summed E-state index contributed by atoms with van der Waals surface area (Å²) in [4.78, 5) is 43.0. The molecule has 2 aliphatic heterocycles. The molecule has 0 radical (unpaired) electrons. The van der Waals surface area contributed by atoms with Gasteiger partial charge in [0.2, 0.25) is 5.91 Å². The van der Waals surface area contributed by atoms with Crippen molar-refractivity contribution in [1.29, 1.82) is 0 Å². The first kappa shape index (κ1) is 23.4. The van der Waals surface area contributed by atoms with Gasteiger partial charge in [-0.05, 0) is 30.2 Å². The minimum Gasteiger partial charge on any atom is -0.493 e. The largest absolute Gasteiger partial charge is 0.493 e. The Balaban J connectivity index is 1.40. The highest BCUT2D eigenvalue weighted by Gasteiger charge is 2.49. The molecule has 3 amide bonds. The number of hydrogen-bond acceptors (Lipinski definition) is 5. The van der Waals surface area contributed by atoms with Crippen LogP contribution < -0.4 is 19.7 Å². The van der Waals surface area contributed by atoms with Gasteiger partial charge in [0.1, 0.15) is 6.17 Å².